The number of nitrogens with one attached hydrogen (secondary N) is 1. The van der Waals surface area contributed by atoms with Crippen LogP contribution in [0.15, 0.2) is 30.3 Å². The van der Waals surface area contributed by atoms with Crippen LogP contribution in [0.25, 0.3) is 0 Å². The summed E-state index contributed by atoms with van der Waals surface area (Å²) in [6.07, 6.45) is 0. The third-order valence-corrected chi connectivity index (χ3v) is 3.36. The van der Waals surface area contributed by atoms with E-state index in [4.69, 9.17) is 9.47 Å². The Bertz CT molecular complexity index is 333. The number of nitrogens with zero attached hydrogens (tertiary/aromatic N) is 1. The Morgan fingerprint density at radius 1 is 1.10 bits per heavy atom. The van der Waals surface area contributed by atoms with Gasteiger partial charge in [0.25, 0.3) is 0 Å². The number of rotatable bonds is 11. The fourth-order valence-electron chi connectivity index (χ4n) is 2.16. The summed E-state index contributed by atoms with van der Waals surface area (Å²) in [5.41, 5.74) is 1.32. The van der Waals surface area contributed by atoms with E-state index in [1.165, 1.54) is 5.56 Å². The lowest BCUT2D eigenvalue weighted by atomic mass is 10.2. The molecular weight excluding hydrogens is 252 g/mol. The largest absolute Gasteiger partial charge is 0.383 e. The van der Waals surface area contributed by atoms with Crippen LogP contribution in [-0.2, 0) is 16.0 Å². The number of ether oxygens (including phenoxy) is 2. The zero-order valence-electron chi connectivity index (χ0n) is 13.0. The zero-order valence-corrected chi connectivity index (χ0v) is 13.0. The molecule has 20 heavy (non-hydrogen) atoms. The molecule has 0 aliphatic rings. The Kier molecular flexibility index (Phi) is 9.24. The fraction of sp³-hybridized carbons (Fsp3) is 0.625. The van der Waals surface area contributed by atoms with E-state index in [1.807, 2.05) is 6.07 Å². The summed E-state index contributed by atoms with van der Waals surface area (Å²) in [5, 5.41) is 3.48. The molecule has 0 amide bonds. The van der Waals surface area contributed by atoms with Crippen molar-refractivity contribution >= 4 is 0 Å². The Labute approximate surface area is 123 Å². The van der Waals surface area contributed by atoms with Crippen LogP contribution in [-0.4, -0.2) is 58.0 Å². The molecular formula is C16H28N2O2. The van der Waals surface area contributed by atoms with Crippen molar-refractivity contribution in [3.05, 3.63) is 35.9 Å². The van der Waals surface area contributed by atoms with E-state index in [-0.39, 0.29) is 0 Å². The van der Waals surface area contributed by atoms with E-state index in [2.05, 4.69) is 41.4 Å². The average molecular weight is 280 g/mol. The SMILES string of the molecule is COCCN(CCNCc1ccccc1)C(C)COC. The lowest BCUT2D eigenvalue weighted by Crippen LogP contribution is -2.42. The number of methoxy groups -OCH3 is 2. The van der Waals surface area contributed by atoms with Crippen molar-refractivity contribution in [2.24, 2.45) is 0 Å². The van der Waals surface area contributed by atoms with Gasteiger partial charge < -0.3 is 14.8 Å². The Morgan fingerprint density at radius 3 is 2.50 bits per heavy atom. The third kappa shape index (κ3) is 7.01. The van der Waals surface area contributed by atoms with E-state index in [1.54, 1.807) is 14.2 Å². The van der Waals surface area contributed by atoms with Gasteiger partial charge in [0.15, 0.2) is 0 Å². The molecule has 4 heteroatoms. The third-order valence-electron chi connectivity index (χ3n) is 3.36. The van der Waals surface area contributed by atoms with Gasteiger partial charge in [-0.2, -0.15) is 0 Å². The van der Waals surface area contributed by atoms with E-state index < -0.39 is 0 Å². The number of hydrogen-bond acceptors (Lipinski definition) is 4. The molecule has 0 saturated carbocycles. The van der Waals surface area contributed by atoms with Crippen molar-refractivity contribution in [3.8, 4) is 0 Å². The van der Waals surface area contributed by atoms with Gasteiger partial charge >= 0.3 is 0 Å². The van der Waals surface area contributed by atoms with Gasteiger partial charge in [-0.3, -0.25) is 4.90 Å². The van der Waals surface area contributed by atoms with Gasteiger partial charge in [0, 0.05) is 46.4 Å². The maximum atomic E-state index is 5.24. The van der Waals surface area contributed by atoms with Crippen LogP contribution in [0.5, 0.6) is 0 Å². The maximum absolute atomic E-state index is 5.24. The highest BCUT2D eigenvalue weighted by molar-refractivity contribution is 5.14. The molecule has 4 nitrogen and oxygen atoms in total. The van der Waals surface area contributed by atoms with E-state index >= 15 is 0 Å². The highest BCUT2D eigenvalue weighted by Gasteiger charge is 2.12. The van der Waals surface area contributed by atoms with Crippen LogP contribution in [0.1, 0.15) is 12.5 Å². The highest BCUT2D eigenvalue weighted by Crippen LogP contribution is 2.00. The molecule has 0 heterocycles. The predicted molar refractivity (Wildman–Crippen MR) is 82.9 cm³/mol. The van der Waals surface area contributed by atoms with Crippen molar-refractivity contribution in [1.82, 2.24) is 10.2 Å². The predicted octanol–water partition coefficient (Wildman–Crippen LogP) is 1.76. The normalized spacial score (nSPS) is 12.8. The first-order valence-electron chi connectivity index (χ1n) is 7.24. The summed E-state index contributed by atoms with van der Waals surface area (Å²) in [4.78, 5) is 2.39. The van der Waals surface area contributed by atoms with Crippen molar-refractivity contribution < 1.29 is 9.47 Å². The van der Waals surface area contributed by atoms with Gasteiger partial charge in [-0.15, -0.1) is 0 Å². The van der Waals surface area contributed by atoms with E-state index in [0.29, 0.717) is 6.04 Å². The van der Waals surface area contributed by atoms with Crippen LogP contribution < -0.4 is 5.32 Å². The molecule has 0 aromatic heterocycles. The molecule has 0 aliphatic carbocycles. The minimum atomic E-state index is 0.411. The molecule has 1 atom stereocenters. The second-order valence-electron chi connectivity index (χ2n) is 5.00. The van der Waals surface area contributed by atoms with Crippen molar-refractivity contribution in [2.45, 2.75) is 19.5 Å². The Balaban J connectivity index is 2.26. The summed E-state index contributed by atoms with van der Waals surface area (Å²) in [5.74, 6) is 0. The van der Waals surface area contributed by atoms with Gasteiger partial charge in [0.1, 0.15) is 0 Å². The number of hydrogen-bond donors (Lipinski definition) is 1. The van der Waals surface area contributed by atoms with Gasteiger partial charge in [-0.25, -0.2) is 0 Å². The Hall–Kier alpha value is -0.940. The first-order chi connectivity index (χ1) is 9.77. The van der Waals surface area contributed by atoms with Crippen LogP contribution in [0.3, 0.4) is 0 Å². The second kappa shape index (κ2) is 10.8. The molecule has 0 radical (unpaired) electrons. The average Bonchev–Trinajstić information content (AvgIpc) is 2.47. The van der Waals surface area contributed by atoms with Crippen LogP contribution in [0, 0.1) is 0 Å². The summed E-state index contributed by atoms with van der Waals surface area (Å²) >= 11 is 0. The molecule has 1 rings (SSSR count). The first-order valence-corrected chi connectivity index (χ1v) is 7.24. The summed E-state index contributed by atoms with van der Waals surface area (Å²) in [6, 6.07) is 10.9. The van der Waals surface area contributed by atoms with E-state index in [9.17, 15) is 0 Å². The molecule has 0 fully saturated rings. The monoisotopic (exact) mass is 280 g/mol. The van der Waals surface area contributed by atoms with Crippen LogP contribution >= 0.6 is 0 Å². The van der Waals surface area contributed by atoms with Crippen molar-refractivity contribution in [1.29, 1.82) is 0 Å². The minimum absolute atomic E-state index is 0.411. The molecule has 0 aliphatic heterocycles. The molecule has 0 saturated heterocycles. The number of benzene rings is 1. The standard InChI is InChI=1S/C16H28N2O2/c1-15(14-20-3)18(11-12-19-2)10-9-17-13-16-7-5-4-6-8-16/h4-8,15,17H,9-14H2,1-3H3. The zero-order chi connectivity index (χ0) is 14.6. The molecule has 1 unspecified atom stereocenters. The fourth-order valence-corrected chi connectivity index (χ4v) is 2.16. The van der Waals surface area contributed by atoms with Gasteiger partial charge in [0.05, 0.1) is 13.2 Å². The minimum Gasteiger partial charge on any atom is -0.383 e. The summed E-state index contributed by atoms with van der Waals surface area (Å²) in [7, 11) is 3.49. The molecule has 1 aromatic carbocycles. The lowest BCUT2D eigenvalue weighted by molar-refractivity contribution is 0.0756. The summed E-state index contributed by atoms with van der Waals surface area (Å²) < 4.78 is 10.4. The molecule has 114 valence electrons. The van der Waals surface area contributed by atoms with Crippen molar-refractivity contribution in [2.75, 3.05) is 47.1 Å². The van der Waals surface area contributed by atoms with Crippen LogP contribution in [0.4, 0.5) is 0 Å². The topological polar surface area (TPSA) is 33.7 Å². The molecule has 0 bridgehead atoms. The van der Waals surface area contributed by atoms with Gasteiger partial charge in [-0.05, 0) is 12.5 Å². The molecule has 0 spiro atoms. The lowest BCUT2D eigenvalue weighted by Gasteiger charge is -2.28. The van der Waals surface area contributed by atoms with Crippen molar-refractivity contribution in [3.63, 3.8) is 0 Å². The van der Waals surface area contributed by atoms with Gasteiger partial charge in [-0.1, -0.05) is 30.3 Å². The van der Waals surface area contributed by atoms with Gasteiger partial charge in [0.2, 0.25) is 0 Å². The maximum Gasteiger partial charge on any atom is 0.0615 e. The molecule has 1 N–H and O–H groups in total. The second-order valence-corrected chi connectivity index (χ2v) is 5.00. The first kappa shape index (κ1) is 17.1. The highest BCUT2D eigenvalue weighted by atomic mass is 16.5. The molecule has 1 aromatic rings. The van der Waals surface area contributed by atoms with E-state index in [0.717, 1.165) is 39.4 Å². The summed E-state index contributed by atoms with van der Waals surface area (Å²) in [6.45, 7) is 7.52. The smallest absolute Gasteiger partial charge is 0.0615 e. The Morgan fingerprint density at radius 2 is 1.85 bits per heavy atom. The quantitative estimate of drug-likeness (QED) is 0.626. The van der Waals surface area contributed by atoms with Crippen LogP contribution in [0.2, 0.25) is 0 Å².